The van der Waals surface area contributed by atoms with Crippen LogP contribution in [-0.2, 0) is 9.59 Å². The summed E-state index contributed by atoms with van der Waals surface area (Å²) in [6, 6.07) is 18.8. The molecule has 4 heteroatoms. The van der Waals surface area contributed by atoms with Crippen molar-refractivity contribution in [3.8, 4) is 0 Å². The molecule has 2 aromatic carbocycles. The summed E-state index contributed by atoms with van der Waals surface area (Å²) < 4.78 is 0. The van der Waals surface area contributed by atoms with Crippen LogP contribution in [0.1, 0.15) is 19.8 Å². The molecule has 3 rings (SSSR count). The van der Waals surface area contributed by atoms with Crippen LogP contribution in [0.15, 0.2) is 60.7 Å². The zero-order valence-electron chi connectivity index (χ0n) is 13.2. The first-order valence-corrected chi connectivity index (χ1v) is 7.91. The van der Waals surface area contributed by atoms with Gasteiger partial charge in [-0.05, 0) is 44.0 Å². The molecule has 23 heavy (non-hydrogen) atoms. The number of carbonyl (C=O) groups is 2. The molecule has 1 fully saturated rings. The third-order valence-corrected chi connectivity index (χ3v) is 4.25. The molecule has 0 unspecified atom stereocenters. The van der Waals surface area contributed by atoms with E-state index in [1.54, 1.807) is 4.90 Å². The van der Waals surface area contributed by atoms with Gasteiger partial charge in [-0.3, -0.25) is 9.59 Å². The van der Waals surface area contributed by atoms with Gasteiger partial charge in [0.05, 0.1) is 0 Å². The molecule has 4 nitrogen and oxygen atoms in total. The maximum Gasteiger partial charge on any atom is 0.242 e. The third kappa shape index (κ3) is 2.97. The van der Waals surface area contributed by atoms with Crippen molar-refractivity contribution in [2.24, 2.45) is 5.41 Å². The SMILES string of the molecule is CCN(C(=O)C1(C(=O)Nc2ccccc2)CC1)c1ccccc1. The highest BCUT2D eigenvalue weighted by atomic mass is 16.2. The highest BCUT2D eigenvalue weighted by Crippen LogP contribution is 2.48. The quantitative estimate of drug-likeness (QED) is 0.860. The molecule has 0 spiro atoms. The molecule has 1 saturated carbocycles. The van der Waals surface area contributed by atoms with Crippen LogP contribution in [0.25, 0.3) is 0 Å². The Morgan fingerprint density at radius 2 is 1.57 bits per heavy atom. The summed E-state index contributed by atoms with van der Waals surface area (Å²) in [4.78, 5) is 27.3. The minimum absolute atomic E-state index is 0.111. The maximum atomic E-state index is 13.0. The molecule has 0 aliphatic heterocycles. The third-order valence-electron chi connectivity index (χ3n) is 4.25. The minimum Gasteiger partial charge on any atom is -0.325 e. The summed E-state index contributed by atoms with van der Waals surface area (Å²) in [7, 11) is 0. The second-order valence-electron chi connectivity index (χ2n) is 5.79. The van der Waals surface area contributed by atoms with E-state index in [9.17, 15) is 9.59 Å². The van der Waals surface area contributed by atoms with Crippen molar-refractivity contribution in [2.45, 2.75) is 19.8 Å². The van der Waals surface area contributed by atoms with E-state index in [-0.39, 0.29) is 11.8 Å². The van der Waals surface area contributed by atoms with E-state index in [2.05, 4.69) is 5.32 Å². The summed E-state index contributed by atoms with van der Waals surface area (Å²) in [5.74, 6) is -0.317. The predicted molar refractivity (Wildman–Crippen MR) is 91.2 cm³/mol. The number of hydrogen-bond acceptors (Lipinski definition) is 2. The highest BCUT2D eigenvalue weighted by Gasteiger charge is 2.58. The van der Waals surface area contributed by atoms with E-state index >= 15 is 0 Å². The molecule has 0 heterocycles. The lowest BCUT2D eigenvalue weighted by Crippen LogP contribution is -2.43. The van der Waals surface area contributed by atoms with Crippen molar-refractivity contribution in [1.82, 2.24) is 0 Å². The number of para-hydroxylation sites is 2. The lowest BCUT2D eigenvalue weighted by Gasteiger charge is -2.25. The summed E-state index contributed by atoms with van der Waals surface area (Å²) in [5.41, 5.74) is 0.639. The summed E-state index contributed by atoms with van der Waals surface area (Å²) in [6.45, 7) is 2.47. The van der Waals surface area contributed by atoms with Crippen LogP contribution < -0.4 is 10.2 Å². The molecule has 0 atom stereocenters. The molecule has 0 saturated heterocycles. The van der Waals surface area contributed by atoms with Crippen molar-refractivity contribution in [1.29, 1.82) is 0 Å². The monoisotopic (exact) mass is 308 g/mol. The standard InChI is InChI=1S/C19H20N2O2/c1-2-21(16-11-7-4-8-12-16)18(23)19(13-14-19)17(22)20-15-9-5-3-6-10-15/h3-12H,2,13-14H2,1H3,(H,20,22). The fourth-order valence-electron chi connectivity index (χ4n) is 2.74. The topological polar surface area (TPSA) is 49.4 Å². The first-order chi connectivity index (χ1) is 11.2. The number of nitrogens with zero attached hydrogens (tertiary/aromatic N) is 1. The Kier molecular flexibility index (Phi) is 4.15. The van der Waals surface area contributed by atoms with Crippen molar-refractivity contribution in [3.05, 3.63) is 60.7 Å². The van der Waals surface area contributed by atoms with E-state index in [1.807, 2.05) is 67.6 Å². The Morgan fingerprint density at radius 1 is 1.00 bits per heavy atom. The molecule has 118 valence electrons. The van der Waals surface area contributed by atoms with E-state index < -0.39 is 5.41 Å². The molecule has 2 aromatic rings. The minimum atomic E-state index is -0.915. The van der Waals surface area contributed by atoms with Crippen LogP contribution in [-0.4, -0.2) is 18.4 Å². The van der Waals surface area contributed by atoms with Gasteiger partial charge in [-0.1, -0.05) is 36.4 Å². The van der Waals surface area contributed by atoms with E-state index in [0.717, 1.165) is 11.4 Å². The second-order valence-corrected chi connectivity index (χ2v) is 5.79. The van der Waals surface area contributed by atoms with E-state index in [0.29, 0.717) is 19.4 Å². The summed E-state index contributed by atoms with van der Waals surface area (Å²) in [6.07, 6.45) is 1.21. The van der Waals surface area contributed by atoms with Crippen LogP contribution in [0.4, 0.5) is 11.4 Å². The Bertz CT molecular complexity index is 694. The van der Waals surface area contributed by atoms with Gasteiger partial charge >= 0.3 is 0 Å². The zero-order valence-corrected chi connectivity index (χ0v) is 13.2. The molecule has 1 N–H and O–H groups in total. The first-order valence-electron chi connectivity index (χ1n) is 7.91. The van der Waals surface area contributed by atoms with Gasteiger partial charge in [0, 0.05) is 17.9 Å². The number of benzene rings is 2. The van der Waals surface area contributed by atoms with Crippen LogP contribution >= 0.6 is 0 Å². The Hall–Kier alpha value is -2.62. The van der Waals surface area contributed by atoms with E-state index in [4.69, 9.17) is 0 Å². The van der Waals surface area contributed by atoms with Crippen LogP contribution in [0.3, 0.4) is 0 Å². The van der Waals surface area contributed by atoms with Gasteiger partial charge in [-0.25, -0.2) is 0 Å². The fourth-order valence-corrected chi connectivity index (χ4v) is 2.74. The lowest BCUT2D eigenvalue weighted by atomic mass is 10.0. The molecule has 0 aromatic heterocycles. The average Bonchev–Trinajstić information content (AvgIpc) is 3.39. The van der Waals surface area contributed by atoms with Crippen molar-refractivity contribution in [3.63, 3.8) is 0 Å². The predicted octanol–water partition coefficient (Wildman–Crippen LogP) is 3.46. The Labute approximate surface area is 136 Å². The number of anilines is 2. The van der Waals surface area contributed by atoms with Crippen LogP contribution in [0.2, 0.25) is 0 Å². The Balaban J connectivity index is 1.79. The first kappa shape index (κ1) is 15.3. The highest BCUT2D eigenvalue weighted by molar-refractivity contribution is 6.17. The van der Waals surface area contributed by atoms with Crippen molar-refractivity contribution < 1.29 is 9.59 Å². The van der Waals surface area contributed by atoms with Gasteiger partial charge < -0.3 is 10.2 Å². The van der Waals surface area contributed by atoms with Gasteiger partial charge in [-0.2, -0.15) is 0 Å². The average molecular weight is 308 g/mol. The zero-order chi connectivity index (χ0) is 16.3. The molecular formula is C19H20N2O2. The van der Waals surface area contributed by atoms with Gasteiger partial charge in [0.15, 0.2) is 0 Å². The van der Waals surface area contributed by atoms with E-state index in [1.165, 1.54) is 0 Å². The largest absolute Gasteiger partial charge is 0.325 e. The Morgan fingerprint density at radius 3 is 2.09 bits per heavy atom. The molecule has 0 radical (unpaired) electrons. The normalized spacial score (nSPS) is 14.8. The summed E-state index contributed by atoms with van der Waals surface area (Å²) >= 11 is 0. The summed E-state index contributed by atoms with van der Waals surface area (Å²) in [5, 5.41) is 2.87. The lowest BCUT2D eigenvalue weighted by molar-refractivity contribution is -0.132. The molecule has 0 bridgehead atoms. The molecule has 2 amide bonds. The number of rotatable bonds is 5. The number of carbonyl (C=O) groups excluding carboxylic acids is 2. The van der Waals surface area contributed by atoms with Gasteiger partial charge in [0.2, 0.25) is 11.8 Å². The molecular weight excluding hydrogens is 288 g/mol. The molecule has 1 aliphatic carbocycles. The van der Waals surface area contributed by atoms with Crippen LogP contribution in [0, 0.1) is 5.41 Å². The smallest absolute Gasteiger partial charge is 0.242 e. The number of hydrogen-bond donors (Lipinski definition) is 1. The van der Waals surface area contributed by atoms with Crippen molar-refractivity contribution in [2.75, 3.05) is 16.8 Å². The second kappa shape index (κ2) is 6.24. The van der Waals surface area contributed by atoms with Gasteiger partial charge in [-0.15, -0.1) is 0 Å². The number of nitrogens with one attached hydrogen (secondary N) is 1. The van der Waals surface area contributed by atoms with Crippen molar-refractivity contribution >= 4 is 23.2 Å². The molecule has 1 aliphatic rings. The van der Waals surface area contributed by atoms with Crippen LogP contribution in [0.5, 0.6) is 0 Å². The fraction of sp³-hybridized carbons (Fsp3) is 0.263. The van der Waals surface area contributed by atoms with Gasteiger partial charge in [0.25, 0.3) is 0 Å². The van der Waals surface area contributed by atoms with Gasteiger partial charge in [0.1, 0.15) is 5.41 Å². The maximum absolute atomic E-state index is 13.0. The number of amides is 2.